The zero-order valence-corrected chi connectivity index (χ0v) is 19.6. The molecule has 1 amide bonds. The highest BCUT2D eigenvalue weighted by molar-refractivity contribution is 9.10. The van der Waals surface area contributed by atoms with Gasteiger partial charge in [0, 0.05) is 46.5 Å². The molecule has 2 aromatic carbocycles. The molecule has 0 spiro atoms. The van der Waals surface area contributed by atoms with Gasteiger partial charge in [0.2, 0.25) is 5.91 Å². The molecule has 4 aromatic rings. The third-order valence-electron chi connectivity index (χ3n) is 5.50. The Labute approximate surface area is 193 Å². The van der Waals surface area contributed by atoms with Gasteiger partial charge in [-0.2, -0.15) is 9.61 Å². The first kappa shape index (κ1) is 21.8. The van der Waals surface area contributed by atoms with E-state index in [0.29, 0.717) is 29.0 Å². The number of carbonyl (C=O) groups excluding carboxylic acids is 1. The number of amides is 1. The molecular weight excluding hydrogens is 472 g/mol. The smallest absolute Gasteiger partial charge is 0.277 e. The number of nitrogens with one attached hydrogen (secondary N) is 1. The fourth-order valence-corrected chi connectivity index (χ4v) is 4.06. The number of ether oxygens (including phenoxy) is 1. The van der Waals surface area contributed by atoms with Crippen molar-refractivity contribution in [2.24, 2.45) is 7.05 Å². The molecule has 0 atom stereocenters. The maximum atomic E-state index is 13.2. The van der Waals surface area contributed by atoms with E-state index >= 15 is 0 Å². The van der Waals surface area contributed by atoms with Gasteiger partial charge in [-0.3, -0.25) is 9.59 Å². The SMILES string of the molecule is COc1cccc(-c2cc3n(C)c(C)c(CCC(=O)Nc4cccc(Br)c4)c(=O)n3n2)c1. The lowest BCUT2D eigenvalue weighted by Crippen LogP contribution is -2.26. The van der Waals surface area contributed by atoms with Gasteiger partial charge in [0.15, 0.2) is 0 Å². The Hall–Kier alpha value is -3.39. The Balaban J connectivity index is 1.62. The molecule has 0 aliphatic heterocycles. The number of halogens is 1. The average Bonchev–Trinajstić information content (AvgIpc) is 3.24. The van der Waals surface area contributed by atoms with E-state index in [2.05, 4.69) is 26.3 Å². The van der Waals surface area contributed by atoms with Gasteiger partial charge >= 0.3 is 0 Å². The van der Waals surface area contributed by atoms with Crippen LogP contribution in [-0.2, 0) is 18.3 Å². The highest BCUT2D eigenvalue weighted by Crippen LogP contribution is 2.24. The van der Waals surface area contributed by atoms with E-state index < -0.39 is 0 Å². The molecule has 0 bridgehead atoms. The first-order chi connectivity index (χ1) is 15.4. The fourth-order valence-electron chi connectivity index (χ4n) is 3.66. The van der Waals surface area contributed by atoms with Gasteiger partial charge in [-0.15, -0.1) is 0 Å². The Morgan fingerprint density at radius 1 is 1.16 bits per heavy atom. The molecule has 32 heavy (non-hydrogen) atoms. The Morgan fingerprint density at radius 3 is 2.69 bits per heavy atom. The van der Waals surface area contributed by atoms with E-state index in [1.807, 2.05) is 73.1 Å². The summed E-state index contributed by atoms with van der Waals surface area (Å²) >= 11 is 3.39. The van der Waals surface area contributed by atoms with Crippen LogP contribution in [0.5, 0.6) is 5.75 Å². The number of hydrogen-bond donors (Lipinski definition) is 1. The standard InChI is InChI=1S/C24H23BrN4O3/c1-15-20(10-11-22(30)26-18-8-5-7-17(25)13-18)24(31)29-23(28(15)2)14-21(27-29)16-6-4-9-19(12-16)32-3/h4-9,12-14H,10-11H2,1-3H3,(H,26,30). The van der Waals surface area contributed by atoms with Gasteiger partial charge in [0.1, 0.15) is 11.4 Å². The number of carbonyl (C=O) groups is 1. The van der Waals surface area contributed by atoms with Gasteiger partial charge in [-0.25, -0.2) is 0 Å². The first-order valence-electron chi connectivity index (χ1n) is 10.2. The van der Waals surface area contributed by atoms with Crippen LogP contribution in [0.3, 0.4) is 0 Å². The molecule has 0 aliphatic rings. The number of aromatic nitrogens is 3. The molecule has 8 heteroatoms. The molecular formula is C24H23BrN4O3. The molecule has 0 saturated carbocycles. The number of anilines is 1. The number of fused-ring (bicyclic) bond motifs is 1. The molecule has 2 heterocycles. The van der Waals surface area contributed by atoms with Crippen LogP contribution < -0.4 is 15.6 Å². The lowest BCUT2D eigenvalue weighted by Gasteiger charge is -2.12. The monoisotopic (exact) mass is 494 g/mol. The van der Waals surface area contributed by atoms with Crippen LogP contribution in [0.25, 0.3) is 16.9 Å². The summed E-state index contributed by atoms with van der Waals surface area (Å²) in [6, 6.07) is 16.8. The molecule has 0 unspecified atom stereocenters. The predicted octanol–water partition coefficient (Wildman–Crippen LogP) is 4.35. The summed E-state index contributed by atoms with van der Waals surface area (Å²) in [5, 5.41) is 7.42. The third-order valence-corrected chi connectivity index (χ3v) is 5.99. The van der Waals surface area contributed by atoms with Crippen molar-refractivity contribution in [2.45, 2.75) is 19.8 Å². The summed E-state index contributed by atoms with van der Waals surface area (Å²) in [6.45, 7) is 1.89. The number of nitrogens with zero attached hydrogens (tertiary/aromatic N) is 3. The summed E-state index contributed by atoms with van der Waals surface area (Å²) in [5.41, 5.74) is 4.12. The van der Waals surface area contributed by atoms with E-state index in [0.717, 1.165) is 21.5 Å². The molecule has 164 valence electrons. The zero-order chi connectivity index (χ0) is 22.8. The van der Waals surface area contributed by atoms with Crippen LogP contribution in [0.4, 0.5) is 5.69 Å². The summed E-state index contributed by atoms with van der Waals surface area (Å²) in [4.78, 5) is 25.7. The van der Waals surface area contributed by atoms with E-state index in [4.69, 9.17) is 4.74 Å². The van der Waals surface area contributed by atoms with Crippen molar-refractivity contribution in [3.8, 4) is 17.0 Å². The van der Waals surface area contributed by atoms with Crippen molar-refractivity contribution in [1.29, 1.82) is 0 Å². The van der Waals surface area contributed by atoms with Gasteiger partial charge in [0.05, 0.1) is 12.8 Å². The fraction of sp³-hybridized carbons (Fsp3) is 0.208. The lowest BCUT2D eigenvalue weighted by molar-refractivity contribution is -0.116. The van der Waals surface area contributed by atoms with E-state index in [1.54, 1.807) is 7.11 Å². The molecule has 0 fully saturated rings. The zero-order valence-electron chi connectivity index (χ0n) is 18.1. The second-order valence-corrected chi connectivity index (χ2v) is 8.43. The minimum absolute atomic E-state index is 0.151. The molecule has 0 saturated heterocycles. The number of benzene rings is 2. The molecule has 7 nitrogen and oxygen atoms in total. The van der Waals surface area contributed by atoms with Crippen molar-refractivity contribution in [3.05, 3.63) is 80.7 Å². The van der Waals surface area contributed by atoms with Gasteiger partial charge < -0.3 is 14.6 Å². The van der Waals surface area contributed by atoms with Crippen molar-refractivity contribution in [3.63, 3.8) is 0 Å². The van der Waals surface area contributed by atoms with Crippen LogP contribution in [-0.4, -0.2) is 27.2 Å². The van der Waals surface area contributed by atoms with Crippen molar-refractivity contribution in [1.82, 2.24) is 14.2 Å². The van der Waals surface area contributed by atoms with E-state index in [1.165, 1.54) is 4.52 Å². The van der Waals surface area contributed by atoms with E-state index in [-0.39, 0.29) is 17.9 Å². The largest absolute Gasteiger partial charge is 0.497 e. The minimum Gasteiger partial charge on any atom is -0.497 e. The Morgan fingerprint density at radius 2 is 1.94 bits per heavy atom. The predicted molar refractivity (Wildman–Crippen MR) is 128 cm³/mol. The summed E-state index contributed by atoms with van der Waals surface area (Å²) in [7, 11) is 3.51. The normalized spacial score (nSPS) is 11.0. The van der Waals surface area contributed by atoms with Crippen LogP contribution in [0.15, 0.2) is 63.9 Å². The van der Waals surface area contributed by atoms with Crippen molar-refractivity contribution >= 4 is 33.2 Å². The Kier molecular flexibility index (Phi) is 6.14. The first-order valence-corrected chi connectivity index (χ1v) is 10.9. The number of hydrogen-bond acceptors (Lipinski definition) is 4. The van der Waals surface area contributed by atoms with Gasteiger partial charge in [-0.05, 0) is 43.7 Å². The van der Waals surface area contributed by atoms with Crippen molar-refractivity contribution in [2.75, 3.05) is 12.4 Å². The van der Waals surface area contributed by atoms with Crippen LogP contribution in [0.2, 0.25) is 0 Å². The molecule has 0 aliphatic carbocycles. The van der Waals surface area contributed by atoms with Crippen LogP contribution in [0, 0.1) is 6.92 Å². The highest BCUT2D eigenvalue weighted by Gasteiger charge is 2.17. The summed E-state index contributed by atoms with van der Waals surface area (Å²) in [5.74, 6) is 0.571. The average molecular weight is 495 g/mol. The summed E-state index contributed by atoms with van der Waals surface area (Å²) < 4.78 is 9.52. The number of methoxy groups -OCH3 is 1. The minimum atomic E-state index is -0.208. The molecule has 1 N–H and O–H groups in total. The maximum Gasteiger partial charge on any atom is 0.277 e. The van der Waals surface area contributed by atoms with Crippen LogP contribution >= 0.6 is 15.9 Å². The third kappa shape index (κ3) is 4.31. The Bertz CT molecular complexity index is 1370. The topological polar surface area (TPSA) is 77.6 Å². The summed E-state index contributed by atoms with van der Waals surface area (Å²) in [6.07, 6.45) is 0.515. The number of aryl methyl sites for hydroxylation is 1. The number of rotatable bonds is 6. The second kappa shape index (κ2) is 9.00. The molecule has 0 radical (unpaired) electrons. The lowest BCUT2D eigenvalue weighted by atomic mass is 10.1. The van der Waals surface area contributed by atoms with Gasteiger partial charge in [-0.1, -0.05) is 34.1 Å². The maximum absolute atomic E-state index is 13.2. The second-order valence-electron chi connectivity index (χ2n) is 7.52. The van der Waals surface area contributed by atoms with Gasteiger partial charge in [0.25, 0.3) is 5.56 Å². The van der Waals surface area contributed by atoms with E-state index in [9.17, 15) is 9.59 Å². The molecule has 2 aromatic heterocycles. The quantitative estimate of drug-likeness (QED) is 0.432. The molecule has 4 rings (SSSR count). The van der Waals surface area contributed by atoms with Crippen molar-refractivity contribution < 1.29 is 9.53 Å². The highest BCUT2D eigenvalue weighted by atomic mass is 79.9. The van der Waals surface area contributed by atoms with Crippen LogP contribution in [0.1, 0.15) is 17.7 Å².